The Balaban J connectivity index is 2.49. The maximum absolute atomic E-state index is 11.5. The predicted octanol–water partition coefficient (Wildman–Crippen LogP) is -0.616. The number of nitrogens with zero attached hydrogens (tertiary/aromatic N) is 2. The number of hydrogen-bond acceptors (Lipinski definition) is 5. The number of likely N-dealkylation sites (N-methyl/N-ethyl adjacent to an activating group) is 1. The Morgan fingerprint density at radius 3 is 2.53 bits per heavy atom. The van der Waals surface area contributed by atoms with Gasteiger partial charge in [0.05, 0.1) is 6.54 Å². The topological polar surface area (TPSA) is 96.0 Å². The first kappa shape index (κ1) is 12.9. The van der Waals surface area contributed by atoms with Gasteiger partial charge >= 0.3 is 0 Å². The third-order valence-corrected chi connectivity index (χ3v) is 1.94. The zero-order valence-corrected chi connectivity index (χ0v) is 9.78. The molecule has 2 amide bonds. The van der Waals surface area contributed by atoms with Crippen LogP contribution >= 0.6 is 0 Å². The van der Waals surface area contributed by atoms with Crippen LogP contribution in [0.25, 0.3) is 0 Å². The number of carbonyl (C=O) groups is 2. The fourth-order valence-electron chi connectivity index (χ4n) is 1.10. The maximum atomic E-state index is 11.5. The number of anilines is 1. The van der Waals surface area contributed by atoms with Crippen LogP contribution in [0.3, 0.4) is 0 Å². The minimum absolute atomic E-state index is 0.0673. The van der Waals surface area contributed by atoms with Gasteiger partial charge in [-0.1, -0.05) is 0 Å². The highest BCUT2D eigenvalue weighted by Gasteiger charge is 2.09. The molecule has 3 N–H and O–H groups in total. The van der Waals surface area contributed by atoms with E-state index in [1.807, 2.05) is 6.92 Å². The molecule has 0 saturated carbocycles. The summed E-state index contributed by atoms with van der Waals surface area (Å²) >= 11 is 0. The number of carbonyl (C=O) groups excluding carboxylic acids is 2. The van der Waals surface area contributed by atoms with Gasteiger partial charge in [0.25, 0.3) is 5.91 Å². The van der Waals surface area contributed by atoms with E-state index in [2.05, 4.69) is 26.1 Å². The van der Waals surface area contributed by atoms with Crippen LogP contribution in [0, 0.1) is 0 Å². The van der Waals surface area contributed by atoms with Crippen molar-refractivity contribution in [2.45, 2.75) is 6.92 Å². The molecule has 1 aromatic rings. The van der Waals surface area contributed by atoms with Crippen LogP contribution in [0.15, 0.2) is 12.1 Å². The van der Waals surface area contributed by atoms with Gasteiger partial charge in [-0.15, -0.1) is 10.2 Å². The van der Waals surface area contributed by atoms with Gasteiger partial charge in [-0.25, -0.2) is 0 Å². The van der Waals surface area contributed by atoms with Crippen molar-refractivity contribution in [3.63, 3.8) is 0 Å². The van der Waals surface area contributed by atoms with Crippen LogP contribution in [0.4, 0.5) is 5.82 Å². The molecule has 1 heterocycles. The van der Waals surface area contributed by atoms with E-state index >= 15 is 0 Å². The van der Waals surface area contributed by atoms with Crippen molar-refractivity contribution < 1.29 is 9.59 Å². The molecule has 0 aromatic carbocycles. The van der Waals surface area contributed by atoms with Gasteiger partial charge in [0.2, 0.25) is 5.91 Å². The summed E-state index contributed by atoms with van der Waals surface area (Å²) in [4.78, 5) is 22.6. The highest BCUT2D eigenvalue weighted by molar-refractivity contribution is 5.94. The lowest BCUT2D eigenvalue weighted by Gasteiger charge is -2.04. The number of aromatic nitrogens is 2. The Bertz CT molecular complexity index is 390. The predicted molar refractivity (Wildman–Crippen MR) is 62.6 cm³/mol. The summed E-state index contributed by atoms with van der Waals surface area (Å²) in [6.45, 7) is 2.27. The molecule has 0 aliphatic heterocycles. The molecular formula is C10H15N5O2. The van der Waals surface area contributed by atoms with Crippen LogP contribution in [0.1, 0.15) is 17.4 Å². The Labute approximate surface area is 99.0 Å². The maximum Gasteiger partial charge on any atom is 0.272 e. The van der Waals surface area contributed by atoms with Crippen molar-refractivity contribution in [2.24, 2.45) is 0 Å². The fraction of sp³-hybridized carbons (Fsp3) is 0.400. The summed E-state index contributed by atoms with van der Waals surface area (Å²) in [5, 5.41) is 15.3. The largest absolute Gasteiger partial charge is 0.372 e. The van der Waals surface area contributed by atoms with Gasteiger partial charge in [-0.05, 0) is 19.1 Å². The molecule has 0 aliphatic carbocycles. The molecule has 7 heteroatoms. The Hall–Kier alpha value is -2.18. The number of rotatable bonds is 5. The quantitative estimate of drug-likeness (QED) is 0.634. The third kappa shape index (κ3) is 4.06. The van der Waals surface area contributed by atoms with Gasteiger partial charge < -0.3 is 16.0 Å². The molecule has 0 fully saturated rings. The molecule has 0 bridgehead atoms. The lowest BCUT2D eigenvalue weighted by atomic mass is 10.3. The molecule has 0 atom stereocenters. The van der Waals surface area contributed by atoms with Gasteiger partial charge in [-0.3, -0.25) is 9.59 Å². The van der Waals surface area contributed by atoms with E-state index < -0.39 is 5.91 Å². The SMILES string of the molecule is CCNC(=O)CNC(=O)c1ccc(NC)nn1. The smallest absolute Gasteiger partial charge is 0.272 e. The molecule has 0 aliphatic rings. The molecule has 1 aromatic heterocycles. The molecule has 0 radical (unpaired) electrons. The van der Waals surface area contributed by atoms with Crippen LogP contribution < -0.4 is 16.0 Å². The average molecular weight is 237 g/mol. The third-order valence-electron chi connectivity index (χ3n) is 1.94. The monoisotopic (exact) mass is 237 g/mol. The van der Waals surface area contributed by atoms with Crippen molar-refractivity contribution in [3.05, 3.63) is 17.8 Å². The summed E-state index contributed by atoms with van der Waals surface area (Å²) in [6.07, 6.45) is 0. The lowest BCUT2D eigenvalue weighted by molar-refractivity contribution is -0.120. The number of hydrogen-bond donors (Lipinski definition) is 3. The Morgan fingerprint density at radius 2 is 2.00 bits per heavy atom. The van der Waals surface area contributed by atoms with E-state index in [1.165, 1.54) is 6.07 Å². The molecule has 17 heavy (non-hydrogen) atoms. The van der Waals surface area contributed by atoms with Crippen molar-refractivity contribution in [2.75, 3.05) is 25.5 Å². The average Bonchev–Trinajstić information content (AvgIpc) is 2.36. The highest BCUT2D eigenvalue weighted by Crippen LogP contribution is 1.99. The van der Waals surface area contributed by atoms with E-state index in [9.17, 15) is 9.59 Å². The second kappa shape index (κ2) is 6.41. The summed E-state index contributed by atoms with van der Waals surface area (Å²) in [5.74, 6) is -0.0858. The van der Waals surface area contributed by atoms with E-state index in [-0.39, 0.29) is 18.1 Å². The molecule has 0 spiro atoms. The van der Waals surface area contributed by atoms with Crippen molar-refractivity contribution in [1.82, 2.24) is 20.8 Å². The first-order valence-corrected chi connectivity index (χ1v) is 5.23. The van der Waals surface area contributed by atoms with Gasteiger partial charge in [-0.2, -0.15) is 0 Å². The Kier molecular flexibility index (Phi) is 4.86. The standard InChI is InChI=1S/C10H15N5O2/c1-3-12-9(16)6-13-10(17)7-4-5-8(11-2)15-14-7/h4-5H,3,6H2,1-2H3,(H,11,15)(H,12,16)(H,13,17). The first-order chi connectivity index (χ1) is 8.17. The van der Waals surface area contributed by atoms with Crippen molar-refractivity contribution in [3.8, 4) is 0 Å². The van der Waals surface area contributed by atoms with E-state index in [0.29, 0.717) is 12.4 Å². The normalized spacial score (nSPS) is 9.53. The highest BCUT2D eigenvalue weighted by atomic mass is 16.2. The molecule has 0 unspecified atom stereocenters. The van der Waals surface area contributed by atoms with E-state index in [1.54, 1.807) is 13.1 Å². The van der Waals surface area contributed by atoms with Crippen LogP contribution in [0.5, 0.6) is 0 Å². The van der Waals surface area contributed by atoms with E-state index in [4.69, 9.17) is 0 Å². The second-order valence-corrected chi connectivity index (χ2v) is 3.19. The van der Waals surface area contributed by atoms with Gasteiger partial charge in [0.15, 0.2) is 5.69 Å². The summed E-state index contributed by atoms with van der Waals surface area (Å²) in [6, 6.07) is 3.17. The zero-order chi connectivity index (χ0) is 12.7. The van der Waals surface area contributed by atoms with Crippen molar-refractivity contribution >= 4 is 17.6 Å². The van der Waals surface area contributed by atoms with Crippen LogP contribution in [-0.2, 0) is 4.79 Å². The minimum Gasteiger partial charge on any atom is -0.372 e. The molecular weight excluding hydrogens is 222 g/mol. The van der Waals surface area contributed by atoms with Gasteiger partial charge in [0, 0.05) is 13.6 Å². The molecule has 0 saturated heterocycles. The Morgan fingerprint density at radius 1 is 1.24 bits per heavy atom. The lowest BCUT2D eigenvalue weighted by Crippen LogP contribution is -2.37. The van der Waals surface area contributed by atoms with E-state index in [0.717, 1.165) is 0 Å². The zero-order valence-electron chi connectivity index (χ0n) is 9.78. The van der Waals surface area contributed by atoms with Gasteiger partial charge in [0.1, 0.15) is 5.82 Å². The van der Waals surface area contributed by atoms with Crippen LogP contribution in [0.2, 0.25) is 0 Å². The van der Waals surface area contributed by atoms with Crippen LogP contribution in [-0.4, -0.2) is 42.1 Å². The number of amides is 2. The number of nitrogens with one attached hydrogen (secondary N) is 3. The molecule has 1 rings (SSSR count). The first-order valence-electron chi connectivity index (χ1n) is 5.23. The molecule has 92 valence electrons. The molecule has 7 nitrogen and oxygen atoms in total. The van der Waals surface area contributed by atoms with Crippen molar-refractivity contribution in [1.29, 1.82) is 0 Å². The summed E-state index contributed by atoms with van der Waals surface area (Å²) in [7, 11) is 1.71. The fourth-order valence-corrected chi connectivity index (χ4v) is 1.10. The summed E-state index contributed by atoms with van der Waals surface area (Å²) in [5.41, 5.74) is 0.174. The summed E-state index contributed by atoms with van der Waals surface area (Å²) < 4.78 is 0. The second-order valence-electron chi connectivity index (χ2n) is 3.19. The minimum atomic E-state index is -0.425.